The van der Waals surface area contributed by atoms with Gasteiger partial charge in [0.15, 0.2) is 0 Å². The Balaban J connectivity index is 4.67. The first-order valence-electron chi connectivity index (χ1n) is 4.53. The smallest absolute Gasteiger partial charge is 0.396 e. The molecule has 9 heteroatoms. The van der Waals surface area contributed by atoms with E-state index in [1.54, 1.807) is 0 Å². The molecule has 1 atom stereocenters. The zero-order valence-corrected chi connectivity index (χ0v) is 10.5. The third kappa shape index (κ3) is 4.42. The Kier molecular flexibility index (Phi) is 5.96. The maximum atomic E-state index is 12.8. The molecule has 0 saturated carbocycles. The zero-order valence-electron chi connectivity index (χ0n) is 8.38. The van der Waals surface area contributed by atoms with E-state index in [-0.39, 0.29) is 19.4 Å². The predicted octanol–water partition coefficient (Wildman–Crippen LogP) is 3.79. The zero-order chi connectivity index (χ0) is 13.9. The monoisotopic (exact) mass is 382 g/mol. The van der Waals surface area contributed by atoms with Crippen LogP contribution in [0.25, 0.3) is 0 Å². The first kappa shape index (κ1) is 17.2. The highest BCUT2D eigenvalue weighted by molar-refractivity contribution is 14.1. The normalized spacial score (nSPS) is 16.1. The van der Waals surface area contributed by atoms with Crippen molar-refractivity contribution >= 4 is 22.6 Å². The molecular formula is C8H10F7IO. The standard InChI is InChI=1S/C8H10F7IO/c9-6(10,4-5(16)2-1-3-17)7(11,12)8(13,14)15/h5,17H,1-4H2. The van der Waals surface area contributed by atoms with Crippen LogP contribution in [0.15, 0.2) is 0 Å². The number of aliphatic hydroxyl groups excluding tert-OH is 1. The average Bonchev–Trinajstić information content (AvgIpc) is 2.11. The molecule has 17 heavy (non-hydrogen) atoms. The minimum atomic E-state index is -6.27. The molecule has 1 unspecified atom stereocenters. The quantitative estimate of drug-likeness (QED) is 0.421. The van der Waals surface area contributed by atoms with Crippen molar-refractivity contribution < 1.29 is 35.8 Å². The Morgan fingerprint density at radius 2 is 1.47 bits per heavy atom. The molecule has 0 amide bonds. The lowest BCUT2D eigenvalue weighted by atomic mass is 10.0. The summed E-state index contributed by atoms with van der Waals surface area (Å²) in [5.41, 5.74) is 0. The van der Waals surface area contributed by atoms with Crippen molar-refractivity contribution in [3.63, 3.8) is 0 Å². The minimum Gasteiger partial charge on any atom is -0.396 e. The summed E-state index contributed by atoms with van der Waals surface area (Å²) < 4.78 is 84.8. The summed E-state index contributed by atoms with van der Waals surface area (Å²) in [6, 6.07) is 0. The van der Waals surface area contributed by atoms with E-state index >= 15 is 0 Å². The van der Waals surface area contributed by atoms with E-state index in [1.807, 2.05) is 0 Å². The summed E-state index contributed by atoms with van der Waals surface area (Å²) in [6.07, 6.45) is -7.84. The molecule has 0 aromatic rings. The highest BCUT2D eigenvalue weighted by Crippen LogP contribution is 2.49. The van der Waals surface area contributed by atoms with Gasteiger partial charge in [0.2, 0.25) is 0 Å². The van der Waals surface area contributed by atoms with Gasteiger partial charge in [-0.25, -0.2) is 0 Å². The maximum absolute atomic E-state index is 12.8. The Labute approximate surface area is 107 Å². The van der Waals surface area contributed by atoms with Crippen molar-refractivity contribution in [1.29, 1.82) is 0 Å². The second kappa shape index (κ2) is 5.89. The molecular weight excluding hydrogens is 372 g/mol. The van der Waals surface area contributed by atoms with Gasteiger partial charge in [-0.3, -0.25) is 0 Å². The maximum Gasteiger partial charge on any atom is 0.459 e. The molecule has 104 valence electrons. The van der Waals surface area contributed by atoms with Crippen LogP contribution in [0.2, 0.25) is 0 Å². The van der Waals surface area contributed by atoms with E-state index in [1.165, 1.54) is 22.6 Å². The second-order valence-electron chi connectivity index (χ2n) is 3.44. The van der Waals surface area contributed by atoms with Crippen molar-refractivity contribution in [2.24, 2.45) is 0 Å². The van der Waals surface area contributed by atoms with Crippen molar-refractivity contribution in [3.8, 4) is 0 Å². The molecule has 1 N–H and O–H groups in total. The molecule has 1 nitrogen and oxygen atoms in total. The van der Waals surface area contributed by atoms with Crippen LogP contribution in [0.1, 0.15) is 19.3 Å². The van der Waals surface area contributed by atoms with Gasteiger partial charge in [0.25, 0.3) is 0 Å². The minimum absolute atomic E-state index is 0.0550. The van der Waals surface area contributed by atoms with Crippen LogP contribution in [0.3, 0.4) is 0 Å². The summed E-state index contributed by atoms with van der Waals surface area (Å²) in [5.74, 6) is -11.2. The van der Waals surface area contributed by atoms with Crippen molar-refractivity contribution in [2.45, 2.75) is 41.2 Å². The second-order valence-corrected chi connectivity index (χ2v) is 5.21. The van der Waals surface area contributed by atoms with Gasteiger partial charge in [-0.05, 0) is 12.8 Å². The fraction of sp³-hybridized carbons (Fsp3) is 1.00. The predicted molar refractivity (Wildman–Crippen MR) is 54.7 cm³/mol. The SMILES string of the molecule is OCCCC(I)CC(F)(F)C(F)(F)C(F)(F)F. The molecule has 0 spiro atoms. The summed E-state index contributed by atoms with van der Waals surface area (Å²) >= 11 is 1.37. The average molecular weight is 382 g/mol. The van der Waals surface area contributed by atoms with Gasteiger partial charge in [0.05, 0.1) is 0 Å². The molecule has 0 rings (SSSR count). The molecule has 0 fully saturated rings. The van der Waals surface area contributed by atoms with E-state index in [0.717, 1.165) is 0 Å². The van der Waals surface area contributed by atoms with Gasteiger partial charge in [-0.1, -0.05) is 22.6 Å². The van der Waals surface area contributed by atoms with E-state index < -0.39 is 28.4 Å². The first-order chi connectivity index (χ1) is 7.45. The van der Waals surface area contributed by atoms with E-state index in [2.05, 4.69) is 0 Å². The number of alkyl halides is 8. The molecule has 0 aliphatic heterocycles. The van der Waals surface area contributed by atoms with Crippen LogP contribution in [0.5, 0.6) is 0 Å². The van der Waals surface area contributed by atoms with Crippen molar-refractivity contribution in [1.82, 2.24) is 0 Å². The summed E-state index contributed by atoms with van der Waals surface area (Å²) in [5, 5.41) is 8.38. The molecule has 0 bridgehead atoms. The van der Waals surface area contributed by atoms with Crippen LogP contribution in [0, 0.1) is 0 Å². The fourth-order valence-corrected chi connectivity index (χ4v) is 2.02. The number of rotatable bonds is 6. The van der Waals surface area contributed by atoms with Crippen molar-refractivity contribution in [3.05, 3.63) is 0 Å². The van der Waals surface area contributed by atoms with Gasteiger partial charge in [-0.15, -0.1) is 0 Å². The lowest BCUT2D eigenvalue weighted by Crippen LogP contribution is -2.52. The molecule has 0 saturated heterocycles. The third-order valence-electron chi connectivity index (χ3n) is 1.97. The number of hydrogen-bond donors (Lipinski definition) is 1. The Morgan fingerprint density at radius 3 is 1.82 bits per heavy atom. The molecule has 0 heterocycles. The van der Waals surface area contributed by atoms with Crippen LogP contribution < -0.4 is 0 Å². The van der Waals surface area contributed by atoms with Gasteiger partial charge in [-0.2, -0.15) is 30.7 Å². The molecule has 0 aliphatic carbocycles. The lowest BCUT2D eigenvalue weighted by molar-refractivity contribution is -0.355. The fourth-order valence-electron chi connectivity index (χ4n) is 1.03. The third-order valence-corrected chi connectivity index (χ3v) is 3.03. The van der Waals surface area contributed by atoms with Crippen molar-refractivity contribution in [2.75, 3.05) is 6.61 Å². The molecule has 0 aliphatic rings. The topological polar surface area (TPSA) is 20.2 Å². The van der Waals surface area contributed by atoms with E-state index in [9.17, 15) is 30.7 Å². The number of aliphatic hydroxyl groups is 1. The summed E-state index contributed by atoms with van der Waals surface area (Å²) in [7, 11) is 0. The molecule has 0 aromatic carbocycles. The first-order valence-corrected chi connectivity index (χ1v) is 5.77. The van der Waals surface area contributed by atoms with Crippen LogP contribution in [-0.2, 0) is 0 Å². The summed E-state index contributed by atoms with van der Waals surface area (Å²) in [6.45, 7) is -0.333. The van der Waals surface area contributed by atoms with Gasteiger partial charge < -0.3 is 5.11 Å². The molecule has 0 radical (unpaired) electrons. The highest BCUT2D eigenvalue weighted by atomic mass is 127. The van der Waals surface area contributed by atoms with E-state index in [0.29, 0.717) is 0 Å². The van der Waals surface area contributed by atoms with Crippen LogP contribution in [0.4, 0.5) is 30.7 Å². The largest absolute Gasteiger partial charge is 0.459 e. The molecule has 0 aromatic heterocycles. The highest BCUT2D eigenvalue weighted by Gasteiger charge is 2.72. The van der Waals surface area contributed by atoms with E-state index in [4.69, 9.17) is 5.11 Å². The Morgan fingerprint density at radius 1 is 1.00 bits per heavy atom. The van der Waals surface area contributed by atoms with Gasteiger partial charge >= 0.3 is 18.0 Å². The Bertz CT molecular complexity index is 241. The summed E-state index contributed by atoms with van der Waals surface area (Å²) in [4.78, 5) is 0. The van der Waals surface area contributed by atoms with Gasteiger partial charge in [0.1, 0.15) is 0 Å². The number of halogens is 8. The van der Waals surface area contributed by atoms with Gasteiger partial charge in [0, 0.05) is 17.0 Å². The van der Waals surface area contributed by atoms with Crippen LogP contribution in [-0.4, -0.2) is 33.7 Å². The number of hydrogen-bond acceptors (Lipinski definition) is 1. The van der Waals surface area contributed by atoms with Crippen LogP contribution >= 0.6 is 22.6 Å². The lowest BCUT2D eigenvalue weighted by Gasteiger charge is -2.29. The Hall–Kier alpha value is 0.200.